The maximum Gasteiger partial charge on any atom is 0.349 e. The molecule has 3 rings (SSSR count). The molecule has 3 aromatic rings. The fraction of sp³-hybridized carbons (Fsp3) is 0.200. The summed E-state index contributed by atoms with van der Waals surface area (Å²) in [6, 6.07) is 21.8. The van der Waals surface area contributed by atoms with E-state index in [1.165, 1.54) is 5.56 Å². The summed E-state index contributed by atoms with van der Waals surface area (Å²) >= 11 is 3.38. The Balaban J connectivity index is 1.41. The van der Waals surface area contributed by atoms with Crippen LogP contribution < -0.4 is 9.47 Å². The number of carbonyl (C=O) groups excluding carboxylic acids is 2. The molecule has 31 heavy (non-hydrogen) atoms. The molecule has 6 heteroatoms. The molecule has 0 amide bonds. The number of ether oxygens (including phenoxy) is 3. The number of halogens is 1. The largest absolute Gasteiger partial charge is 0.482 e. The van der Waals surface area contributed by atoms with Crippen molar-refractivity contribution in [1.29, 1.82) is 0 Å². The molecule has 0 aliphatic carbocycles. The van der Waals surface area contributed by atoms with Crippen molar-refractivity contribution in [3.8, 4) is 11.5 Å². The monoisotopic (exact) mass is 482 g/mol. The number of hydrogen-bond donors (Lipinski definition) is 0. The van der Waals surface area contributed by atoms with Crippen molar-refractivity contribution in [2.24, 2.45) is 0 Å². The average Bonchev–Trinajstić information content (AvgIpc) is 2.77. The van der Waals surface area contributed by atoms with Gasteiger partial charge in [-0.15, -0.1) is 0 Å². The topological polar surface area (TPSA) is 61.8 Å². The van der Waals surface area contributed by atoms with E-state index in [1.807, 2.05) is 49.4 Å². The van der Waals surface area contributed by atoms with E-state index >= 15 is 0 Å². The lowest BCUT2D eigenvalue weighted by Gasteiger charge is -2.10. The van der Waals surface area contributed by atoms with Crippen LogP contribution in [0.5, 0.6) is 11.5 Å². The third-order valence-electron chi connectivity index (χ3n) is 4.49. The van der Waals surface area contributed by atoms with E-state index in [4.69, 9.17) is 14.2 Å². The fourth-order valence-corrected chi connectivity index (χ4v) is 3.38. The van der Waals surface area contributed by atoms with Gasteiger partial charge in [0.2, 0.25) is 0 Å². The van der Waals surface area contributed by atoms with Gasteiger partial charge in [0.25, 0.3) is 0 Å². The van der Waals surface area contributed by atoms with Crippen LogP contribution >= 0.6 is 15.9 Å². The van der Waals surface area contributed by atoms with Gasteiger partial charge in [-0.25, -0.2) is 9.59 Å². The van der Waals surface area contributed by atoms with Gasteiger partial charge < -0.3 is 14.2 Å². The second kappa shape index (κ2) is 11.3. The molecule has 5 nitrogen and oxygen atoms in total. The van der Waals surface area contributed by atoms with Crippen LogP contribution in [0.15, 0.2) is 77.3 Å². The number of esters is 2. The summed E-state index contributed by atoms with van der Waals surface area (Å²) in [5.74, 6) is 0.0193. The first-order chi connectivity index (χ1) is 15.0. The maximum atomic E-state index is 12.2. The molecule has 0 bridgehead atoms. The van der Waals surface area contributed by atoms with Crippen LogP contribution in [-0.2, 0) is 16.0 Å². The Bertz CT molecular complexity index is 1020. The lowest BCUT2D eigenvalue weighted by Crippen LogP contribution is -2.18. The minimum absolute atomic E-state index is 0.215. The van der Waals surface area contributed by atoms with Crippen LogP contribution in [-0.4, -0.2) is 25.2 Å². The molecule has 0 atom stereocenters. The highest BCUT2D eigenvalue weighted by molar-refractivity contribution is 9.10. The van der Waals surface area contributed by atoms with Crippen LogP contribution in [0.4, 0.5) is 0 Å². The minimum Gasteiger partial charge on any atom is -0.482 e. The molecule has 0 saturated heterocycles. The molecule has 3 aromatic carbocycles. The SMILES string of the molecule is Cc1cc(Br)ccc1OCC(=O)Oc1ccc(C(=O)OCCCc2ccccc2)cc1. The molecule has 0 N–H and O–H groups in total. The van der Waals surface area contributed by atoms with Crippen molar-refractivity contribution in [3.63, 3.8) is 0 Å². The van der Waals surface area contributed by atoms with E-state index in [0.717, 1.165) is 22.9 Å². The maximum absolute atomic E-state index is 12.2. The van der Waals surface area contributed by atoms with E-state index in [1.54, 1.807) is 30.3 Å². The van der Waals surface area contributed by atoms with Crippen LogP contribution in [0.25, 0.3) is 0 Å². The van der Waals surface area contributed by atoms with Crippen molar-refractivity contribution in [3.05, 3.63) is 94.0 Å². The van der Waals surface area contributed by atoms with Gasteiger partial charge in [0.1, 0.15) is 11.5 Å². The Labute approximate surface area is 190 Å². The second-order valence-corrected chi connectivity index (χ2v) is 7.84. The van der Waals surface area contributed by atoms with Crippen molar-refractivity contribution in [2.75, 3.05) is 13.2 Å². The third kappa shape index (κ3) is 7.26. The van der Waals surface area contributed by atoms with E-state index < -0.39 is 11.9 Å². The zero-order chi connectivity index (χ0) is 22.1. The summed E-state index contributed by atoms with van der Waals surface area (Å²) in [4.78, 5) is 24.2. The second-order valence-electron chi connectivity index (χ2n) is 6.92. The molecule has 0 unspecified atom stereocenters. The Morgan fingerprint density at radius 3 is 2.39 bits per heavy atom. The van der Waals surface area contributed by atoms with Crippen LogP contribution in [0.3, 0.4) is 0 Å². The van der Waals surface area contributed by atoms with Crippen molar-refractivity contribution < 1.29 is 23.8 Å². The highest BCUT2D eigenvalue weighted by Crippen LogP contribution is 2.22. The average molecular weight is 483 g/mol. The summed E-state index contributed by atoms with van der Waals surface area (Å²) in [7, 11) is 0. The van der Waals surface area contributed by atoms with Crippen LogP contribution in [0, 0.1) is 6.92 Å². The Hall–Kier alpha value is -3.12. The number of aryl methyl sites for hydroxylation is 2. The molecular weight excluding hydrogens is 460 g/mol. The summed E-state index contributed by atoms with van der Waals surface area (Å²) in [6.07, 6.45) is 1.61. The summed E-state index contributed by atoms with van der Waals surface area (Å²) in [6.45, 7) is 2.02. The summed E-state index contributed by atoms with van der Waals surface area (Å²) < 4.78 is 17.0. The van der Waals surface area contributed by atoms with Gasteiger partial charge in [-0.3, -0.25) is 0 Å². The Morgan fingerprint density at radius 1 is 0.935 bits per heavy atom. The summed E-state index contributed by atoms with van der Waals surface area (Å²) in [5.41, 5.74) is 2.53. The first kappa shape index (κ1) is 22.6. The number of rotatable bonds is 9. The van der Waals surface area contributed by atoms with Gasteiger partial charge in [0.15, 0.2) is 6.61 Å². The van der Waals surface area contributed by atoms with Gasteiger partial charge >= 0.3 is 11.9 Å². The molecule has 0 heterocycles. The molecule has 160 valence electrons. The molecule has 0 aliphatic rings. The molecule has 0 radical (unpaired) electrons. The molecular formula is C25H23BrO5. The smallest absolute Gasteiger partial charge is 0.349 e. The van der Waals surface area contributed by atoms with Crippen molar-refractivity contribution in [1.82, 2.24) is 0 Å². The Kier molecular flexibility index (Phi) is 8.24. The minimum atomic E-state index is -0.529. The molecule has 0 aliphatic heterocycles. The van der Waals surface area contributed by atoms with E-state index in [0.29, 0.717) is 23.7 Å². The van der Waals surface area contributed by atoms with Crippen molar-refractivity contribution >= 4 is 27.9 Å². The highest BCUT2D eigenvalue weighted by atomic mass is 79.9. The predicted octanol–water partition coefficient (Wildman–Crippen LogP) is 5.53. The lowest BCUT2D eigenvalue weighted by atomic mass is 10.1. The van der Waals surface area contributed by atoms with Gasteiger partial charge in [-0.2, -0.15) is 0 Å². The Morgan fingerprint density at radius 2 is 1.68 bits per heavy atom. The van der Waals surface area contributed by atoms with E-state index in [9.17, 15) is 9.59 Å². The molecule has 0 saturated carbocycles. The standard InChI is InChI=1S/C25H23BrO5/c1-18-16-21(26)11-14-23(18)30-17-24(27)31-22-12-9-20(10-13-22)25(28)29-15-5-8-19-6-3-2-4-7-19/h2-4,6-7,9-14,16H,5,8,15,17H2,1H3. The van der Waals surface area contributed by atoms with Gasteiger partial charge in [-0.05, 0) is 73.4 Å². The van der Waals surface area contributed by atoms with E-state index in [2.05, 4.69) is 15.9 Å². The first-order valence-electron chi connectivity index (χ1n) is 9.92. The third-order valence-corrected chi connectivity index (χ3v) is 4.98. The van der Waals surface area contributed by atoms with Crippen LogP contribution in [0.1, 0.15) is 27.9 Å². The van der Waals surface area contributed by atoms with Crippen molar-refractivity contribution in [2.45, 2.75) is 19.8 Å². The number of benzene rings is 3. The molecule has 0 spiro atoms. The van der Waals surface area contributed by atoms with Gasteiger partial charge in [-0.1, -0.05) is 46.3 Å². The number of hydrogen-bond acceptors (Lipinski definition) is 5. The normalized spacial score (nSPS) is 10.4. The molecule has 0 fully saturated rings. The van der Waals surface area contributed by atoms with Crippen LogP contribution in [0.2, 0.25) is 0 Å². The van der Waals surface area contributed by atoms with Gasteiger partial charge in [0.05, 0.1) is 12.2 Å². The number of carbonyl (C=O) groups is 2. The fourth-order valence-electron chi connectivity index (χ4n) is 2.90. The lowest BCUT2D eigenvalue weighted by molar-refractivity contribution is -0.136. The zero-order valence-corrected chi connectivity index (χ0v) is 18.8. The van der Waals surface area contributed by atoms with E-state index in [-0.39, 0.29) is 6.61 Å². The highest BCUT2D eigenvalue weighted by Gasteiger charge is 2.11. The zero-order valence-electron chi connectivity index (χ0n) is 17.2. The van der Waals surface area contributed by atoms with Gasteiger partial charge in [0, 0.05) is 4.47 Å². The summed E-state index contributed by atoms with van der Waals surface area (Å²) in [5, 5.41) is 0. The first-order valence-corrected chi connectivity index (χ1v) is 10.7. The predicted molar refractivity (Wildman–Crippen MR) is 121 cm³/mol. The molecule has 0 aromatic heterocycles. The quantitative estimate of drug-likeness (QED) is 0.228.